The number of aromatic nitrogens is 1. The molecule has 4 heterocycles. The average Bonchev–Trinajstić information content (AvgIpc) is 3.20. The summed E-state index contributed by atoms with van der Waals surface area (Å²) in [5.41, 5.74) is 2.14. The van der Waals surface area contributed by atoms with E-state index in [1.807, 2.05) is 19.1 Å². The Kier molecular flexibility index (Phi) is 2.84. The molecule has 120 valence electrons. The second kappa shape index (κ2) is 4.82. The molecule has 2 saturated heterocycles. The van der Waals surface area contributed by atoms with Crippen molar-refractivity contribution in [3.05, 3.63) is 17.7 Å². The van der Waals surface area contributed by atoms with E-state index >= 15 is 0 Å². The monoisotopic (exact) mass is 331 g/mol. The van der Waals surface area contributed by atoms with Crippen LogP contribution >= 0.6 is 11.3 Å². The highest BCUT2D eigenvalue weighted by atomic mass is 32.1. The van der Waals surface area contributed by atoms with Gasteiger partial charge in [0.15, 0.2) is 5.13 Å². The Labute approximate surface area is 137 Å². The number of hydrogen-bond acceptors (Lipinski definition) is 5. The maximum Gasteiger partial charge on any atom is 0.324 e. The van der Waals surface area contributed by atoms with Gasteiger partial charge in [0.2, 0.25) is 0 Å². The summed E-state index contributed by atoms with van der Waals surface area (Å²) in [6.45, 7) is 3.32. The van der Waals surface area contributed by atoms with E-state index in [0.717, 1.165) is 39.5 Å². The lowest BCUT2D eigenvalue weighted by atomic mass is 10.0. The minimum absolute atomic E-state index is 0.0311. The summed E-state index contributed by atoms with van der Waals surface area (Å²) in [6, 6.07) is 4.15. The fourth-order valence-corrected chi connectivity index (χ4v) is 4.79. The van der Waals surface area contributed by atoms with Crippen LogP contribution in [0.3, 0.4) is 0 Å². The smallest absolute Gasteiger partial charge is 0.324 e. The third-order valence-corrected chi connectivity index (χ3v) is 5.91. The number of rotatable bonds is 1. The number of amides is 2. The number of thiazole rings is 1. The SMILES string of the molecule is C[C@H]1C[C@H]2NC(=O)N(c3nc4c5c(ccc4s3)OCC5)[C@H]2CO1. The van der Waals surface area contributed by atoms with E-state index in [1.165, 1.54) is 0 Å². The molecule has 1 aromatic carbocycles. The molecule has 2 aromatic rings. The zero-order valence-corrected chi connectivity index (χ0v) is 13.6. The highest BCUT2D eigenvalue weighted by Gasteiger charge is 2.45. The van der Waals surface area contributed by atoms with E-state index < -0.39 is 0 Å². The Morgan fingerprint density at radius 2 is 2.35 bits per heavy atom. The van der Waals surface area contributed by atoms with Crippen LogP contribution in [-0.2, 0) is 11.2 Å². The van der Waals surface area contributed by atoms with Gasteiger partial charge in [-0.3, -0.25) is 4.90 Å². The van der Waals surface area contributed by atoms with Crippen LogP contribution in [0.4, 0.5) is 9.93 Å². The molecule has 1 aromatic heterocycles. The molecule has 5 rings (SSSR count). The van der Waals surface area contributed by atoms with Crippen molar-refractivity contribution < 1.29 is 14.3 Å². The van der Waals surface area contributed by atoms with Gasteiger partial charge in [-0.25, -0.2) is 9.78 Å². The first-order chi connectivity index (χ1) is 11.2. The molecule has 3 aliphatic heterocycles. The van der Waals surface area contributed by atoms with E-state index in [0.29, 0.717) is 13.2 Å². The number of anilines is 1. The first-order valence-corrected chi connectivity index (χ1v) is 8.79. The van der Waals surface area contributed by atoms with Crippen LogP contribution in [0.15, 0.2) is 12.1 Å². The number of fused-ring (bicyclic) bond motifs is 4. The molecule has 0 aliphatic carbocycles. The lowest BCUT2D eigenvalue weighted by Gasteiger charge is -2.31. The van der Waals surface area contributed by atoms with E-state index in [9.17, 15) is 4.79 Å². The molecule has 1 N–H and O–H groups in total. The van der Waals surface area contributed by atoms with Gasteiger partial charge in [-0.15, -0.1) is 0 Å². The maximum atomic E-state index is 12.5. The molecule has 0 radical (unpaired) electrons. The number of nitrogens with zero attached hydrogens (tertiary/aromatic N) is 2. The maximum absolute atomic E-state index is 12.5. The molecule has 0 spiro atoms. The fourth-order valence-electron chi connectivity index (χ4n) is 3.74. The lowest BCUT2D eigenvalue weighted by Crippen LogP contribution is -2.46. The van der Waals surface area contributed by atoms with Crippen molar-refractivity contribution in [2.75, 3.05) is 18.1 Å². The Balaban J connectivity index is 1.56. The van der Waals surface area contributed by atoms with Gasteiger partial charge in [-0.05, 0) is 25.5 Å². The van der Waals surface area contributed by atoms with Crippen LogP contribution in [-0.4, -0.2) is 42.4 Å². The predicted octanol–water partition coefficient (Wildman–Crippen LogP) is 2.31. The zero-order valence-electron chi connectivity index (χ0n) is 12.7. The zero-order chi connectivity index (χ0) is 15.6. The highest BCUT2D eigenvalue weighted by molar-refractivity contribution is 7.22. The fraction of sp³-hybridized carbons (Fsp3) is 0.500. The topological polar surface area (TPSA) is 63.7 Å². The van der Waals surface area contributed by atoms with Crippen LogP contribution in [0.25, 0.3) is 10.2 Å². The van der Waals surface area contributed by atoms with Crippen LogP contribution in [0.2, 0.25) is 0 Å². The third-order valence-electron chi connectivity index (χ3n) is 4.89. The molecule has 0 bridgehead atoms. The summed E-state index contributed by atoms with van der Waals surface area (Å²) in [6.07, 6.45) is 1.92. The summed E-state index contributed by atoms with van der Waals surface area (Å²) in [4.78, 5) is 19.0. The second-order valence-electron chi connectivity index (χ2n) is 6.36. The van der Waals surface area contributed by atoms with Crippen LogP contribution in [0.5, 0.6) is 5.75 Å². The van der Waals surface area contributed by atoms with Crippen molar-refractivity contribution >= 4 is 32.7 Å². The Bertz CT molecular complexity index is 805. The second-order valence-corrected chi connectivity index (χ2v) is 7.37. The molecule has 7 heteroatoms. The Morgan fingerprint density at radius 1 is 1.43 bits per heavy atom. The van der Waals surface area contributed by atoms with Crippen molar-refractivity contribution in [2.45, 2.75) is 38.0 Å². The van der Waals surface area contributed by atoms with E-state index in [-0.39, 0.29) is 24.2 Å². The van der Waals surface area contributed by atoms with Gasteiger partial charge >= 0.3 is 6.03 Å². The number of benzene rings is 1. The van der Waals surface area contributed by atoms with Gasteiger partial charge in [0, 0.05) is 12.0 Å². The standard InChI is InChI=1S/C16H17N3O3S/c1-8-6-10-11(7-22-8)19(15(20)17-10)16-18-14-9-4-5-21-12(9)2-3-13(14)23-16/h2-3,8,10-11H,4-7H2,1H3,(H,17,20)/t8-,10+,11-/m0/s1. The quantitative estimate of drug-likeness (QED) is 0.871. The number of hydrogen-bond donors (Lipinski definition) is 1. The van der Waals surface area contributed by atoms with Gasteiger partial charge in [-0.1, -0.05) is 11.3 Å². The van der Waals surface area contributed by atoms with Crippen LogP contribution < -0.4 is 15.0 Å². The lowest BCUT2D eigenvalue weighted by molar-refractivity contribution is 0.0101. The minimum Gasteiger partial charge on any atom is -0.493 e. The molecule has 3 aliphatic rings. The molecular weight excluding hydrogens is 314 g/mol. The van der Waals surface area contributed by atoms with Crippen LogP contribution in [0.1, 0.15) is 18.9 Å². The first kappa shape index (κ1) is 13.6. The summed E-state index contributed by atoms with van der Waals surface area (Å²) in [5.74, 6) is 0.924. The summed E-state index contributed by atoms with van der Waals surface area (Å²) >= 11 is 1.56. The van der Waals surface area contributed by atoms with Gasteiger partial charge in [0.1, 0.15) is 5.75 Å². The molecule has 6 nitrogen and oxygen atoms in total. The minimum atomic E-state index is -0.0651. The summed E-state index contributed by atoms with van der Waals surface area (Å²) in [7, 11) is 0. The van der Waals surface area contributed by atoms with Crippen molar-refractivity contribution in [3.63, 3.8) is 0 Å². The largest absolute Gasteiger partial charge is 0.493 e. The summed E-state index contributed by atoms with van der Waals surface area (Å²) < 4.78 is 12.5. The van der Waals surface area contributed by atoms with Crippen molar-refractivity contribution in [1.29, 1.82) is 0 Å². The molecule has 3 atom stereocenters. The first-order valence-electron chi connectivity index (χ1n) is 7.97. The highest BCUT2D eigenvalue weighted by Crippen LogP contribution is 2.39. The van der Waals surface area contributed by atoms with Crippen molar-refractivity contribution in [2.24, 2.45) is 0 Å². The van der Waals surface area contributed by atoms with Gasteiger partial charge in [-0.2, -0.15) is 0 Å². The molecule has 2 amide bonds. The van der Waals surface area contributed by atoms with Gasteiger partial charge in [0.25, 0.3) is 0 Å². The number of ether oxygens (including phenoxy) is 2. The van der Waals surface area contributed by atoms with E-state index in [1.54, 1.807) is 16.2 Å². The number of urea groups is 1. The van der Waals surface area contributed by atoms with Crippen molar-refractivity contribution in [3.8, 4) is 5.75 Å². The molecule has 2 fully saturated rings. The third kappa shape index (κ3) is 1.96. The molecule has 0 unspecified atom stereocenters. The number of nitrogens with one attached hydrogen (secondary N) is 1. The number of carbonyl (C=O) groups excluding carboxylic acids is 1. The predicted molar refractivity (Wildman–Crippen MR) is 87.4 cm³/mol. The average molecular weight is 331 g/mol. The molecule has 23 heavy (non-hydrogen) atoms. The van der Waals surface area contributed by atoms with Gasteiger partial charge < -0.3 is 14.8 Å². The van der Waals surface area contributed by atoms with E-state index in [4.69, 9.17) is 14.5 Å². The van der Waals surface area contributed by atoms with Crippen LogP contribution in [0, 0.1) is 0 Å². The normalized spacial score (nSPS) is 29.3. The molecular formula is C16H17N3O3S. The Hall–Kier alpha value is -1.86. The van der Waals surface area contributed by atoms with E-state index in [2.05, 4.69) is 5.32 Å². The van der Waals surface area contributed by atoms with Crippen molar-refractivity contribution in [1.82, 2.24) is 10.3 Å². The Morgan fingerprint density at radius 3 is 3.26 bits per heavy atom. The summed E-state index contributed by atoms with van der Waals surface area (Å²) in [5, 5.41) is 3.83. The van der Waals surface area contributed by atoms with Gasteiger partial charge in [0.05, 0.1) is 41.6 Å². The number of carbonyl (C=O) groups is 1. The molecule has 0 saturated carbocycles.